The van der Waals surface area contributed by atoms with Crippen molar-refractivity contribution in [1.29, 1.82) is 0 Å². The third-order valence-corrected chi connectivity index (χ3v) is 6.76. The van der Waals surface area contributed by atoms with Crippen LogP contribution in [0.2, 0.25) is 0 Å². The van der Waals surface area contributed by atoms with Crippen LogP contribution in [-0.2, 0) is 21.6 Å². The van der Waals surface area contributed by atoms with Crippen LogP contribution in [0.25, 0.3) is 0 Å². The van der Waals surface area contributed by atoms with E-state index in [1.165, 1.54) is 5.56 Å². The minimum absolute atomic E-state index is 0.0440. The minimum atomic E-state index is -0.800. The average Bonchev–Trinajstić information content (AvgIpc) is 2.78. The van der Waals surface area contributed by atoms with Crippen molar-refractivity contribution in [3.8, 4) is 0 Å². The summed E-state index contributed by atoms with van der Waals surface area (Å²) in [6, 6.07) is 20.2. The molecule has 0 spiro atoms. The number of hydrogen-bond acceptors (Lipinski definition) is 3. The van der Waals surface area contributed by atoms with Crippen LogP contribution in [0, 0.1) is 17.8 Å². The Morgan fingerprint density at radius 1 is 0.879 bits per heavy atom. The molecule has 3 heteroatoms. The van der Waals surface area contributed by atoms with Crippen molar-refractivity contribution >= 4 is 5.97 Å². The van der Waals surface area contributed by atoms with Crippen molar-refractivity contribution in [1.82, 2.24) is 0 Å². The van der Waals surface area contributed by atoms with E-state index in [1.807, 2.05) is 48.5 Å². The molecule has 2 atom stereocenters. The summed E-state index contributed by atoms with van der Waals surface area (Å²) in [4.78, 5) is 13.5. The van der Waals surface area contributed by atoms with Gasteiger partial charge in [0, 0.05) is 6.42 Å². The smallest absolute Gasteiger partial charge is 0.338 e. The summed E-state index contributed by atoms with van der Waals surface area (Å²) in [6.45, 7) is 8.80. The molecule has 3 nitrogen and oxygen atoms in total. The Hall–Kier alpha value is -2.55. The molecule has 33 heavy (non-hydrogen) atoms. The molecular formula is C30H40O3. The lowest BCUT2D eigenvalue weighted by Gasteiger charge is -2.39. The van der Waals surface area contributed by atoms with Gasteiger partial charge in [-0.05, 0) is 54.6 Å². The molecule has 0 saturated heterocycles. The van der Waals surface area contributed by atoms with E-state index < -0.39 is 5.60 Å². The number of hydrogen-bond donors (Lipinski definition) is 1. The van der Waals surface area contributed by atoms with Gasteiger partial charge in [0.05, 0.1) is 5.57 Å². The Labute approximate surface area is 199 Å². The lowest BCUT2D eigenvalue weighted by Crippen LogP contribution is -2.40. The lowest BCUT2D eigenvalue weighted by atomic mass is 9.78. The summed E-state index contributed by atoms with van der Waals surface area (Å²) < 4.78 is 6.28. The first-order valence-corrected chi connectivity index (χ1v) is 12.6. The highest BCUT2D eigenvalue weighted by Crippen LogP contribution is 2.44. The molecule has 0 fully saturated rings. The number of aliphatic hydroxyl groups is 1. The fourth-order valence-electron chi connectivity index (χ4n) is 4.88. The summed E-state index contributed by atoms with van der Waals surface area (Å²) in [5.41, 5.74) is 1.83. The van der Waals surface area contributed by atoms with Gasteiger partial charge in [-0.25, -0.2) is 4.79 Å². The summed E-state index contributed by atoms with van der Waals surface area (Å²) in [7, 11) is 0. The van der Waals surface area contributed by atoms with Gasteiger partial charge in [-0.2, -0.15) is 0 Å². The van der Waals surface area contributed by atoms with E-state index in [0.29, 0.717) is 30.3 Å². The van der Waals surface area contributed by atoms with Crippen LogP contribution in [0.4, 0.5) is 0 Å². The molecule has 3 rings (SSSR count). The van der Waals surface area contributed by atoms with E-state index >= 15 is 0 Å². The highest BCUT2D eigenvalue weighted by molar-refractivity contribution is 5.91. The van der Waals surface area contributed by atoms with Crippen molar-refractivity contribution in [3.63, 3.8) is 0 Å². The normalized spacial score (nSPS) is 19.8. The summed E-state index contributed by atoms with van der Waals surface area (Å²) in [5, 5.41) is 11.3. The Morgan fingerprint density at radius 3 is 2.06 bits per heavy atom. The van der Waals surface area contributed by atoms with Gasteiger partial charge in [-0.3, -0.25) is 0 Å². The van der Waals surface area contributed by atoms with Crippen molar-refractivity contribution < 1.29 is 14.6 Å². The molecule has 1 N–H and O–H groups in total. The quantitative estimate of drug-likeness (QED) is 0.357. The zero-order valence-corrected chi connectivity index (χ0v) is 20.7. The van der Waals surface area contributed by atoms with Gasteiger partial charge in [-0.15, -0.1) is 0 Å². The van der Waals surface area contributed by atoms with E-state index in [2.05, 4.69) is 39.8 Å². The molecular weight excluding hydrogens is 408 g/mol. The number of rotatable bonds is 11. The second-order valence-electron chi connectivity index (χ2n) is 10.4. The molecule has 0 amide bonds. The average molecular weight is 449 g/mol. The fourth-order valence-corrected chi connectivity index (χ4v) is 4.88. The van der Waals surface area contributed by atoms with Crippen LogP contribution >= 0.6 is 0 Å². The summed E-state index contributed by atoms with van der Waals surface area (Å²) in [5.74, 6) is 0.919. The molecule has 1 aliphatic heterocycles. The third-order valence-electron chi connectivity index (χ3n) is 6.76. The SMILES string of the molecule is CC(C)CCCC(Cc1ccccc1)C1=C(O)CC(CCC(C)C)(c2ccccc2)OC1=O. The molecule has 2 unspecified atom stereocenters. The number of aliphatic hydroxyl groups excluding tert-OH is 1. The van der Waals surface area contributed by atoms with Crippen LogP contribution in [0.3, 0.4) is 0 Å². The maximum atomic E-state index is 13.5. The van der Waals surface area contributed by atoms with Gasteiger partial charge in [-0.1, -0.05) is 101 Å². The van der Waals surface area contributed by atoms with Crippen molar-refractivity contribution in [2.45, 2.75) is 78.2 Å². The number of cyclic esters (lactones) is 1. The Kier molecular flexibility index (Phi) is 8.77. The Bertz CT molecular complexity index is 914. The van der Waals surface area contributed by atoms with Crippen LogP contribution in [0.1, 0.15) is 77.3 Å². The number of esters is 1. The minimum Gasteiger partial charge on any atom is -0.512 e. The van der Waals surface area contributed by atoms with Gasteiger partial charge in [0.1, 0.15) is 11.4 Å². The summed E-state index contributed by atoms with van der Waals surface area (Å²) in [6.07, 6.45) is 5.71. The first-order chi connectivity index (χ1) is 15.8. The highest BCUT2D eigenvalue weighted by atomic mass is 16.6. The maximum Gasteiger partial charge on any atom is 0.338 e. The zero-order chi connectivity index (χ0) is 23.8. The molecule has 0 aromatic heterocycles. The van der Waals surface area contributed by atoms with Crippen LogP contribution in [0.5, 0.6) is 0 Å². The monoisotopic (exact) mass is 448 g/mol. The Morgan fingerprint density at radius 2 is 1.48 bits per heavy atom. The highest BCUT2D eigenvalue weighted by Gasteiger charge is 2.44. The van der Waals surface area contributed by atoms with E-state index in [0.717, 1.165) is 37.7 Å². The van der Waals surface area contributed by atoms with Gasteiger partial charge >= 0.3 is 5.97 Å². The molecule has 0 saturated carbocycles. The first-order valence-electron chi connectivity index (χ1n) is 12.6. The number of carbonyl (C=O) groups is 1. The van der Waals surface area contributed by atoms with Gasteiger partial charge < -0.3 is 9.84 Å². The first kappa shape index (κ1) is 25.1. The molecule has 0 bridgehead atoms. The van der Waals surface area contributed by atoms with E-state index in [1.54, 1.807) is 0 Å². The molecule has 0 radical (unpaired) electrons. The van der Waals surface area contributed by atoms with E-state index in [9.17, 15) is 9.90 Å². The number of ether oxygens (including phenoxy) is 1. The van der Waals surface area contributed by atoms with Crippen LogP contribution in [-0.4, -0.2) is 11.1 Å². The molecule has 1 aliphatic rings. The second kappa shape index (κ2) is 11.5. The largest absolute Gasteiger partial charge is 0.512 e. The molecule has 2 aromatic carbocycles. The standard InChI is InChI=1S/C30H40O3/c1-22(2)12-11-15-25(20-24-13-7-5-8-14-24)28-27(31)21-30(33-29(28)32,19-18-23(3)4)26-16-9-6-10-17-26/h5-10,13-14,16-17,22-23,25,31H,11-12,15,18-21H2,1-4H3. The maximum absolute atomic E-state index is 13.5. The van der Waals surface area contributed by atoms with Gasteiger partial charge in [0.2, 0.25) is 0 Å². The third kappa shape index (κ3) is 6.72. The van der Waals surface area contributed by atoms with Crippen molar-refractivity contribution in [2.75, 3.05) is 0 Å². The zero-order valence-electron chi connectivity index (χ0n) is 20.7. The number of benzene rings is 2. The van der Waals surface area contributed by atoms with Crippen molar-refractivity contribution in [2.24, 2.45) is 17.8 Å². The Balaban J connectivity index is 1.93. The van der Waals surface area contributed by atoms with Crippen molar-refractivity contribution in [3.05, 3.63) is 83.1 Å². The van der Waals surface area contributed by atoms with Crippen LogP contribution in [0.15, 0.2) is 72.0 Å². The topological polar surface area (TPSA) is 46.5 Å². The predicted octanol–water partition coefficient (Wildman–Crippen LogP) is 7.76. The van der Waals surface area contributed by atoms with E-state index in [-0.39, 0.29) is 17.6 Å². The van der Waals surface area contributed by atoms with Crippen LogP contribution < -0.4 is 0 Å². The molecule has 178 valence electrons. The second-order valence-corrected chi connectivity index (χ2v) is 10.4. The molecule has 0 aliphatic carbocycles. The predicted molar refractivity (Wildman–Crippen MR) is 135 cm³/mol. The van der Waals surface area contributed by atoms with Gasteiger partial charge in [0.15, 0.2) is 0 Å². The van der Waals surface area contributed by atoms with Gasteiger partial charge in [0.25, 0.3) is 0 Å². The molecule has 2 aromatic rings. The summed E-state index contributed by atoms with van der Waals surface area (Å²) >= 11 is 0. The van der Waals surface area contributed by atoms with E-state index in [4.69, 9.17) is 4.74 Å². The molecule has 1 heterocycles. The fraction of sp³-hybridized carbons (Fsp3) is 0.500. The number of carbonyl (C=O) groups excluding carboxylic acids is 1. The lowest BCUT2D eigenvalue weighted by molar-refractivity contribution is -0.162.